The van der Waals surface area contributed by atoms with E-state index in [9.17, 15) is 13.6 Å². The number of aromatic nitrogens is 1. The van der Waals surface area contributed by atoms with E-state index in [0.717, 1.165) is 6.07 Å². The molecule has 1 heterocycles. The molecule has 0 aromatic carbocycles. The second-order valence-electron chi connectivity index (χ2n) is 2.41. The maximum absolute atomic E-state index is 12.3. The first-order chi connectivity index (χ1) is 6.43. The molecule has 1 aromatic rings. The second kappa shape index (κ2) is 3.87. The summed E-state index contributed by atoms with van der Waals surface area (Å²) in [4.78, 5) is 13.9. The van der Waals surface area contributed by atoms with Gasteiger partial charge in [0, 0.05) is 0 Å². The lowest BCUT2D eigenvalue weighted by molar-refractivity contribution is 0.0677. The van der Waals surface area contributed by atoms with Gasteiger partial charge in [0.15, 0.2) is 5.69 Å². The van der Waals surface area contributed by atoms with Crippen LogP contribution in [0.25, 0.3) is 0 Å². The fraction of sp³-hybridized carbons (Fsp3) is 0.143. The Hall–Kier alpha value is -1.24. The predicted molar refractivity (Wildman–Crippen MR) is 48.3 cm³/mol. The van der Waals surface area contributed by atoms with Gasteiger partial charge in [0.25, 0.3) is 6.43 Å². The Bertz CT molecular complexity index is 384. The summed E-state index contributed by atoms with van der Waals surface area (Å²) in [5, 5.41) is 8.57. The summed E-state index contributed by atoms with van der Waals surface area (Å²) < 4.78 is 24.7. The molecule has 0 radical (unpaired) electrons. The predicted octanol–water partition coefficient (Wildman–Crippen LogP) is 2.06. The quantitative estimate of drug-likeness (QED) is 0.804. The van der Waals surface area contributed by atoms with Gasteiger partial charge in [-0.15, -0.1) is 0 Å². The Balaban J connectivity index is 3.39. The summed E-state index contributed by atoms with van der Waals surface area (Å²) >= 11 is 2.85. The average Bonchev–Trinajstić information content (AvgIpc) is 2.08. The molecule has 0 aliphatic carbocycles. The number of pyridine rings is 1. The van der Waals surface area contributed by atoms with E-state index >= 15 is 0 Å². The number of nitrogens with zero attached hydrogens (tertiary/aromatic N) is 1. The number of rotatable bonds is 2. The number of carboxylic acids is 1. The van der Waals surface area contributed by atoms with Crippen molar-refractivity contribution in [1.82, 2.24) is 4.98 Å². The first kappa shape index (κ1) is 10.8. The smallest absolute Gasteiger partial charge is 0.355 e. The highest BCUT2D eigenvalue weighted by Crippen LogP contribution is 2.27. The molecule has 0 bridgehead atoms. The van der Waals surface area contributed by atoms with E-state index in [4.69, 9.17) is 10.8 Å². The molecule has 7 heteroatoms. The van der Waals surface area contributed by atoms with E-state index < -0.39 is 23.7 Å². The van der Waals surface area contributed by atoms with Gasteiger partial charge in [-0.25, -0.2) is 18.6 Å². The van der Waals surface area contributed by atoms with Crippen molar-refractivity contribution in [3.63, 3.8) is 0 Å². The van der Waals surface area contributed by atoms with Gasteiger partial charge in [0.1, 0.15) is 4.60 Å². The molecule has 3 N–H and O–H groups in total. The number of alkyl halides is 2. The van der Waals surface area contributed by atoms with Gasteiger partial charge in [-0.2, -0.15) is 0 Å². The zero-order chi connectivity index (χ0) is 10.9. The Labute approximate surface area is 85.9 Å². The third kappa shape index (κ3) is 1.98. The van der Waals surface area contributed by atoms with Crippen molar-refractivity contribution in [2.24, 2.45) is 0 Å². The molecule has 1 aromatic heterocycles. The first-order valence-corrected chi connectivity index (χ1v) is 4.20. The Morgan fingerprint density at radius 2 is 2.21 bits per heavy atom. The summed E-state index contributed by atoms with van der Waals surface area (Å²) in [5.74, 6) is -1.51. The van der Waals surface area contributed by atoms with Crippen LogP contribution in [-0.4, -0.2) is 16.1 Å². The molecule has 14 heavy (non-hydrogen) atoms. The second-order valence-corrected chi connectivity index (χ2v) is 3.16. The summed E-state index contributed by atoms with van der Waals surface area (Å²) in [7, 11) is 0. The summed E-state index contributed by atoms with van der Waals surface area (Å²) in [6, 6.07) is 0.894. The normalized spacial score (nSPS) is 10.6. The van der Waals surface area contributed by atoms with Crippen LogP contribution in [0.15, 0.2) is 10.7 Å². The summed E-state index contributed by atoms with van der Waals surface area (Å²) in [6.07, 6.45) is -2.91. The molecule has 0 amide bonds. The topological polar surface area (TPSA) is 76.2 Å². The molecule has 4 nitrogen and oxygen atoms in total. The van der Waals surface area contributed by atoms with Gasteiger partial charge in [-0.05, 0) is 22.0 Å². The fourth-order valence-corrected chi connectivity index (χ4v) is 1.15. The lowest BCUT2D eigenvalue weighted by Crippen LogP contribution is -2.08. The van der Waals surface area contributed by atoms with E-state index in [0.29, 0.717) is 0 Å². The van der Waals surface area contributed by atoms with Crippen molar-refractivity contribution in [3.05, 3.63) is 21.9 Å². The Kier molecular flexibility index (Phi) is 3.00. The largest absolute Gasteiger partial charge is 0.476 e. The van der Waals surface area contributed by atoms with Crippen LogP contribution in [0.5, 0.6) is 0 Å². The number of halogens is 3. The van der Waals surface area contributed by atoms with Gasteiger partial charge < -0.3 is 10.8 Å². The highest BCUT2D eigenvalue weighted by Gasteiger charge is 2.21. The average molecular weight is 267 g/mol. The summed E-state index contributed by atoms with van der Waals surface area (Å²) in [6.45, 7) is 0. The molecule has 0 saturated carbocycles. The molecule has 76 valence electrons. The number of carbonyl (C=O) groups is 1. The lowest BCUT2D eigenvalue weighted by atomic mass is 10.2. The standard InChI is InChI=1S/C7H5BrF2N2O2/c8-5-3(11)1-2(6(9)10)4(12-5)7(13)14/h1,6H,11H2,(H,13,14). The third-order valence-corrected chi connectivity index (χ3v) is 2.11. The maximum atomic E-state index is 12.3. The number of hydrogen-bond donors (Lipinski definition) is 2. The molecular weight excluding hydrogens is 262 g/mol. The van der Waals surface area contributed by atoms with Crippen LogP contribution in [0.1, 0.15) is 22.5 Å². The maximum Gasteiger partial charge on any atom is 0.355 e. The van der Waals surface area contributed by atoms with Crippen LogP contribution >= 0.6 is 15.9 Å². The number of nitrogens with two attached hydrogens (primary N) is 1. The zero-order valence-electron chi connectivity index (χ0n) is 6.67. The van der Waals surface area contributed by atoms with Crippen LogP contribution < -0.4 is 5.73 Å². The molecular formula is C7H5BrF2N2O2. The van der Waals surface area contributed by atoms with Crippen molar-refractivity contribution in [2.45, 2.75) is 6.43 Å². The number of hydrogen-bond acceptors (Lipinski definition) is 3. The first-order valence-electron chi connectivity index (χ1n) is 3.41. The third-order valence-electron chi connectivity index (χ3n) is 1.47. The van der Waals surface area contributed by atoms with Gasteiger partial charge in [0.05, 0.1) is 11.3 Å². The lowest BCUT2D eigenvalue weighted by Gasteiger charge is -2.06. The van der Waals surface area contributed by atoms with E-state index in [-0.39, 0.29) is 10.3 Å². The van der Waals surface area contributed by atoms with Crippen molar-refractivity contribution < 1.29 is 18.7 Å². The van der Waals surface area contributed by atoms with Crippen LogP contribution in [0.3, 0.4) is 0 Å². The molecule has 0 aliphatic heterocycles. The molecule has 0 spiro atoms. The monoisotopic (exact) mass is 266 g/mol. The zero-order valence-corrected chi connectivity index (χ0v) is 8.25. The number of carboxylic acid groups (broad SMARTS) is 1. The van der Waals surface area contributed by atoms with Gasteiger partial charge in [-0.1, -0.05) is 0 Å². The molecule has 0 unspecified atom stereocenters. The van der Waals surface area contributed by atoms with Crippen LogP contribution in [0.2, 0.25) is 0 Å². The number of aromatic carboxylic acids is 1. The SMILES string of the molecule is Nc1cc(C(F)F)c(C(=O)O)nc1Br. The highest BCUT2D eigenvalue weighted by atomic mass is 79.9. The highest BCUT2D eigenvalue weighted by molar-refractivity contribution is 9.10. The van der Waals surface area contributed by atoms with Crippen LogP contribution in [0.4, 0.5) is 14.5 Å². The summed E-state index contributed by atoms with van der Waals surface area (Å²) in [5.41, 5.74) is 3.89. The van der Waals surface area contributed by atoms with E-state index in [1.807, 2.05) is 0 Å². The van der Waals surface area contributed by atoms with Crippen molar-refractivity contribution in [2.75, 3.05) is 5.73 Å². The number of anilines is 1. The molecule has 0 atom stereocenters. The van der Waals surface area contributed by atoms with E-state index in [1.165, 1.54) is 0 Å². The fourth-order valence-electron chi connectivity index (χ4n) is 0.860. The Morgan fingerprint density at radius 3 is 2.64 bits per heavy atom. The molecule has 0 saturated heterocycles. The van der Waals surface area contributed by atoms with Crippen LogP contribution in [0, 0.1) is 0 Å². The van der Waals surface area contributed by atoms with Gasteiger partial charge >= 0.3 is 5.97 Å². The van der Waals surface area contributed by atoms with Crippen LogP contribution in [-0.2, 0) is 0 Å². The molecule has 0 aliphatic rings. The number of nitrogen functional groups attached to an aromatic ring is 1. The molecule has 0 fully saturated rings. The van der Waals surface area contributed by atoms with Crippen molar-refractivity contribution >= 4 is 27.6 Å². The minimum Gasteiger partial charge on any atom is -0.476 e. The molecule has 1 rings (SSSR count). The van der Waals surface area contributed by atoms with E-state index in [2.05, 4.69) is 20.9 Å². The Morgan fingerprint density at radius 1 is 1.64 bits per heavy atom. The van der Waals surface area contributed by atoms with E-state index in [1.54, 1.807) is 0 Å². The minimum absolute atomic E-state index is 0.0229. The van der Waals surface area contributed by atoms with Gasteiger partial charge in [-0.3, -0.25) is 0 Å². The minimum atomic E-state index is -2.91. The van der Waals surface area contributed by atoms with Crippen molar-refractivity contribution in [3.8, 4) is 0 Å². The van der Waals surface area contributed by atoms with Gasteiger partial charge in [0.2, 0.25) is 0 Å². The van der Waals surface area contributed by atoms with Crippen molar-refractivity contribution in [1.29, 1.82) is 0 Å².